The van der Waals surface area contributed by atoms with Crippen molar-refractivity contribution in [1.82, 2.24) is 14.5 Å². The lowest BCUT2D eigenvalue weighted by Crippen LogP contribution is -2.36. The number of halogens is 5. The molecule has 1 saturated heterocycles. The number of H-pyrrole nitrogens is 1. The maximum atomic E-state index is 14.1. The second-order valence-corrected chi connectivity index (χ2v) is 12.4. The van der Waals surface area contributed by atoms with Crippen LogP contribution in [0.3, 0.4) is 0 Å². The molecule has 14 heteroatoms. The molecule has 0 aliphatic carbocycles. The highest BCUT2D eigenvalue weighted by atomic mass is 79.9. The fourth-order valence-electron chi connectivity index (χ4n) is 4.48. The number of hydrogen-bond acceptors (Lipinski definition) is 6. The first-order valence-electron chi connectivity index (χ1n) is 11.3. The van der Waals surface area contributed by atoms with E-state index in [0.29, 0.717) is 24.1 Å². The number of aromatic amines is 1. The number of alkyl halides is 3. The topological polar surface area (TPSA) is 118 Å². The lowest BCUT2D eigenvalue weighted by molar-refractivity contribution is -0.138. The van der Waals surface area contributed by atoms with Gasteiger partial charge in [-0.2, -0.15) is 13.2 Å². The number of nitrogens with two attached hydrogens (primary N) is 1. The Bertz CT molecular complexity index is 1600. The zero-order valence-corrected chi connectivity index (χ0v) is 22.7. The quantitative estimate of drug-likeness (QED) is 0.434. The van der Waals surface area contributed by atoms with E-state index in [1.807, 2.05) is 0 Å². The Balaban J connectivity index is 1.91. The van der Waals surface area contributed by atoms with Crippen LogP contribution in [0.1, 0.15) is 30.0 Å². The third-order valence-electron chi connectivity index (χ3n) is 6.38. The van der Waals surface area contributed by atoms with Crippen LogP contribution in [0.15, 0.2) is 43.2 Å². The standard InChI is InChI=1S/C23H23BrClF3N4O4S/c1-2-37(35,36)18-4-3-13(25)7-12(18)9-32-21(33)15-8-17(23(26,27)28)16(11-31-6-5-14(29)10-31)19(24)20(15)30-22(32)34/h3-4,7-8,14H,2,5-6,9-11,29H2,1H3,(H,30,34). The molecule has 0 saturated carbocycles. The molecule has 0 bridgehead atoms. The molecule has 1 atom stereocenters. The van der Waals surface area contributed by atoms with Gasteiger partial charge in [0.05, 0.1) is 33.7 Å². The number of sulfone groups is 1. The second kappa shape index (κ2) is 10.2. The third kappa shape index (κ3) is 5.51. The van der Waals surface area contributed by atoms with E-state index in [4.69, 9.17) is 17.3 Å². The van der Waals surface area contributed by atoms with Crippen molar-refractivity contribution in [2.24, 2.45) is 5.73 Å². The van der Waals surface area contributed by atoms with Crippen LogP contribution < -0.4 is 17.0 Å². The Kier molecular flexibility index (Phi) is 7.65. The van der Waals surface area contributed by atoms with Crippen molar-refractivity contribution >= 4 is 48.3 Å². The minimum absolute atomic E-state index is 0.0452. The summed E-state index contributed by atoms with van der Waals surface area (Å²) in [5, 5.41) is -0.203. The van der Waals surface area contributed by atoms with E-state index in [0.717, 1.165) is 6.07 Å². The molecular formula is C23H23BrClF3N4O4S. The highest BCUT2D eigenvalue weighted by molar-refractivity contribution is 9.10. The molecule has 1 aromatic heterocycles. The van der Waals surface area contributed by atoms with Crippen molar-refractivity contribution in [3.05, 3.63) is 71.3 Å². The zero-order chi connectivity index (χ0) is 27.3. The van der Waals surface area contributed by atoms with Crippen LogP contribution in [0, 0.1) is 0 Å². The van der Waals surface area contributed by atoms with Crippen LogP contribution in [0.4, 0.5) is 13.2 Å². The van der Waals surface area contributed by atoms with E-state index in [9.17, 15) is 31.2 Å². The molecule has 0 radical (unpaired) electrons. The van der Waals surface area contributed by atoms with Crippen molar-refractivity contribution < 1.29 is 21.6 Å². The average molecular weight is 624 g/mol. The van der Waals surface area contributed by atoms with Gasteiger partial charge in [-0.15, -0.1) is 0 Å². The first-order chi connectivity index (χ1) is 17.2. The lowest BCUT2D eigenvalue weighted by atomic mass is 10.0. The Hall–Kier alpha value is -2.19. The molecule has 1 aliphatic rings. The first-order valence-corrected chi connectivity index (χ1v) is 14.1. The second-order valence-electron chi connectivity index (χ2n) is 8.90. The summed E-state index contributed by atoms with van der Waals surface area (Å²) in [5.41, 5.74) is 2.84. The monoisotopic (exact) mass is 622 g/mol. The lowest BCUT2D eigenvalue weighted by Gasteiger charge is -2.22. The smallest absolute Gasteiger partial charge is 0.326 e. The van der Waals surface area contributed by atoms with E-state index < -0.39 is 39.4 Å². The van der Waals surface area contributed by atoms with Gasteiger partial charge in [0.2, 0.25) is 0 Å². The van der Waals surface area contributed by atoms with Gasteiger partial charge in [-0.3, -0.25) is 14.3 Å². The molecule has 0 spiro atoms. The van der Waals surface area contributed by atoms with Gasteiger partial charge in [-0.05, 0) is 57.7 Å². The summed E-state index contributed by atoms with van der Waals surface area (Å²) >= 11 is 9.22. The number of rotatable bonds is 6. The van der Waals surface area contributed by atoms with Gasteiger partial charge < -0.3 is 10.7 Å². The number of nitrogens with zero attached hydrogens (tertiary/aromatic N) is 2. The normalized spacial score (nSPS) is 17.1. The molecular weight excluding hydrogens is 601 g/mol. The third-order valence-corrected chi connectivity index (χ3v) is 9.32. The minimum Gasteiger partial charge on any atom is -0.326 e. The summed E-state index contributed by atoms with van der Waals surface area (Å²) in [7, 11) is -3.74. The van der Waals surface area contributed by atoms with Gasteiger partial charge in [0, 0.05) is 35.2 Å². The molecule has 0 amide bonds. The molecule has 8 nitrogen and oxygen atoms in total. The van der Waals surface area contributed by atoms with E-state index in [1.165, 1.54) is 25.1 Å². The predicted molar refractivity (Wildman–Crippen MR) is 138 cm³/mol. The fourth-order valence-corrected chi connectivity index (χ4v) is 6.43. The van der Waals surface area contributed by atoms with Crippen molar-refractivity contribution in [1.29, 1.82) is 0 Å². The van der Waals surface area contributed by atoms with Crippen molar-refractivity contribution in [3.8, 4) is 0 Å². The first kappa shape index (κ1) is 27.8. The van der Waals surface area contributed by atoms with Crippen LogP contribution in [0.25, 0.3) is 10.9 Å². The summed E-state index contributed by atoms with van der Waals surface area (Å²) in [4.78, 5) is 30.5. The van der Waals surface area contributed by atoms with E-state index in [2.05, 4.69) is 20.9 Å². The molecule has 37 heavy (non-hydrogen) atoms. The van der Waals surface area contributed by atoms with Crippen molar-refractivity contribution in [2.45, 2.75) is 43.5 Å². The minimum atomic E-state index is -4.78. The van der Waals surface area contributed by atoms with Crippen LogP contribution in [0.2, 0.25) is 5.02 Å². The molecule has 1 unspecified atom stereocenters. The predicted octanol–water partition coefficient (Wildman–Crippen LogP) is 3.50. The number of likely N-dealkylation sites (tertiary alicyclic amines) is 1. The molecule has 1 fully saturated rings. The molecule has 3 N–H and O–H groups in total. The average Bonchev–Trinajstić information content (AvgIpc) is 3.22. The van der Waals surface area contributed by atoms with Gasteiger partial charge in [0.15, 0.2) is 9.84 Å². The maximum Gasteiger partial charge on any atom is 0.416 e. The number of nitrogens with one attached hydrogen (secondary N) is 1. The van der Waals surface area contributed by atoms with Crippen LogP contribution in [0.5, 0.6) is 0 Å². The molecule has 1 aliphatic heterocycles. The summed E-state index contributed by atoms with van der Waals surface area (Å²) in [5.74, 6) is -0.239. The van der Waals surface area contributed by atoms with Crippen molar-refractivity contribution in [2.75, 3.05) is 18.8 Å². The van der Waals surface area contributed by atoms with E-state index in [1.54, 1.807) is 4.90 Å². The van der Waals surface area contributed by atoms with Gasteiger partial charge >= 0.3 is 11.9 Å². The summed E-state index contributed by atoms with van der Waals surface area (Å²) in [6.07, 6.45) is -4.13. The molecule has 2 aromatic carbocycles. The van der Waals surface area contributed by atoms with Crippen LogP contribution >= 0.6 is 27.5 Å². The molecule has 3 aromatic rings. The summed E-state index contributed by atoms with van der Waals surface area (Å²) in [6, 6.07) is 4.52. The largest absolute Gasteiger partial charge is 0.416 e. The van der Waals surface area contributed by atoms with Gasteiger partial charge in [0.1, 0.15) is 0 Å². The molecule has 200 valence electrons. The van der Waals surface area contributed by atoms with Gasteiger partial charge in [0.25, 0.3) is 5.56 Å². The number of aromatic nitrogens is 2. The summed E-state index contributed by atoms with van der Waals surface area (Å²) in [6.45, 7) is 1.79. The number of fused-ring (bicyclic) bond motifs is 1. The highest BCUT2D eigenvalue weighted by Gasteiger charge is 2.37. The SMILES string of the molecule is CCS(=O)(=O)c1ccc(Cl)cc1Cn1c(=O)[nH]c2c(Br)c(CN3CCC(N)C3)c(C(F)(F)F)cc2c1=O. The number of benzene rings is 2. The Labute approximate surface area is 223 Å². The van der Waals surface area contributed by atoms with Gasteiger partial charge in [-0.25, -0.2) is 13.2 Å². The van der Waals surface area contributed by atoms with Crippen molar-refractivity contribution in [3.63, 3.8) is 0 Å². The van der Waals surface area contributed by atoms with E-state index in [-0.39, 0.29) is 54.8 Å². The Morgan fingerprint density at radius 1 is 1.22 bits per heavy atom. The zero-order valence-electron chi connectivity index (χ0n) is 19.5. The maximum absolute atomic E-state index is 14.1. The van der Waals surface area contributed by atoms with Crippen LogP contribution in [-0.2, 0) is 29.1 Å². The molecule has 2 heterocycles. The fraction of sp³-hybridized carbons (Fsp3) is 0.391. The van der Waals surface area contributed by atoms with E-state index >= 15 is 0 Å². The Morgan fingerprint density at radius 3 is 2.51 bits per heavy atom. The number of hydrogen-bond donors (Lipinski definition) is 2. The van der Waals surface area contributed by atoms with Gasteiger partial charge in [-0.1, -0.05) is 18.5 Å². The highest BCUT2D eigenvalue weighted by Crippen LogP contribution is 2.39. The molecule has 4 rings (SSSR count). The Morgan fingerprint density at radius 2 is 1.92 bits per heavy atom. The van der Waals surface area contributed by atoms with Crippen LogP contribution in [-0.4, -0.2) is 47.8 Å². The summed E-state index contributed by atoms with van der Waals surface area (Å²) < 4.78 is 68.0.